The summed E-state index contributed by atoms with van der Waals surface area (Å²) in [7, 11) is 0. The van der Waals surface area contributed by atoms with Gasteiger partial charge in [-0.3, -0.25) is 0 Å². The summed E-state index contributed by atoms with van der Waals surface area (Å²) in [6.45, 7) is 0.424. The molecular weight excluding hydrogens is 307 g/mol. The predicted octanol–water partition coefficient (Wildman–Crippen LogP) is 3.34. The average Bonchev–Trinajstić information content (AvgIpc) is 2.51. The summed E-state index contributed by atoms with van der Waals surface area (Å²) in [4.78, 5) is 11.7. The van der Waals surface area contributed by atoms with E-state index in [1.54, 1.807) is 0 Å². The van der Waals surface area contributed by atoms with Crippen LogP contribution >= 0.6 is 11.6 Å². The Bertz CT molecular complexity index is 647. The second kappa shape index (κ2) is 7.77. The molecule has 0 saturated carbocycles. The van der Waals surface area contributed by atoms with Crippen LogP contribution in [0.25, 0.3) is 0 Å². The van der Waals surface area contributed by atoms with E-state index in [0.29, 0.717) is 13.0 Å². The van der Waals surface area contributed by atoms with E-state index in [-0.39, 0.29) is 17.3 Å². The van der Waals surface area contributed by atoms with E-state index in [4.69, 9.17) is 16.7 Å². The standard InChI is InChI=1S/C16H16ClFN2O2/c17-13-5-6-15(14(18)9-13)20-16(22)19-8-7-11-1-3-12(10-21)4-2-11/h1-6,9,21H,7-8,10H2,(H2,19,20,22). The van der Waals surface area contributed by atoms with Crippen LogP contribution in [0.1, 0.15) is 11.1 Å². The molecule has 2 amide bonds. The van der Waals surface area contributed by atoms with E-state index in [2.05, 4.69) is 10.6 Å². The molecule has 6 heteroatoms. The van der Waals surface area contributed by atoms with Crippen LogP contribution in [-0.2, 0) is 13.0 Å². The van der Waals surface area contributed by atoms with Gasteiger partial charge in [0.15, 0.2) is 0 Å². The van der Waals surface area contributed by atoms with Crippen LogP contribution < -0.4 is 10.6 Å². The molecule has 0 bridgehead atoms. The van der Waals surface area contributed by atoms with Gasteiger partial charge in [-0.2, -0.15) is 0 Å². The highest BCUT2D eigenvalue weighted by Crippen LogP contribution is 2.18. The summed E-state index contributed by atoms with van der Waals surface area (Å²) in [6.07, 6.45) is 0.641. The number of aliphatic hydroxyl groups excluding tert-OH is 1. The maximum atomic E-state index is 13.5. The molecule has 2 rings (SSSR count). The molecule has 4 nitrogen and oxygen atoms in total. The molecule has 0 unspecified atom stereocenters. The van der Waals surface area contributed by atoms with Gasteiger partial charge in [-0.05, 0) is 35.7 Å². The molecule has 0 aliphatic heterocycles. The molecule has 0 aliphatic rings. The Kier molecular flexibility index (Phi) is 5.75. The Morgan fingerprint density at radius 1 is 1.14 bits per heavy atom. The molecule has 0 heterocycles. The molecule has 0 saturated heterocycles. The van der Waals surface area contributed by atoms with Crippen LogP contribution in [0.3, 0.4) is 0 Å². The number of carbonyl (C=O) groups excluding carboxylic acids is 1. The third kappa shape index (κ3) is 4.72. The fraction of sp³-hybridized carbons (Fsp3) is 0.188. The van der Waals surface area contributed by atoms with E-state index in [1.165, 1.54) is 12.1 Å². The summed E-state index contributed by atoms with van der Waals surface area (Å²) < 4.78 is 13.5. The van der Waals surface area contributed by atoms with E-state index < -0.39 is 11.8 Å². The van der Waals surface area contributed by atoms with Crippen molar-refractivity contribution in [3.8, 4) is 0 Å². The van der Waals surface area contributed by atoms with Crippen molar-refractivity contribution in [2.45, 2.75) is 13.0 Å². The van der Waals surface area contributed by atoms with Crippen molar-refractivity contribution in [1.29, 1.82) is 0 Å². The van der Waals surface area contributed by atoms with Crippen LogP contribution in [0, 0.1) is 5.82 Å². The van der Waals surface area contributed by atoms with Crippen molar-refractivity contribution >= 4 is 23.3 Å². The normalized spacial score (nSPS) is 10.3. The van der Waals surface area contributed by atoms with Crippen molar-refractivity contribution in [1.82, 2.24) is 5.32 Å². The van der Waals surface area contributed by atoms with Crippen LogP contribution in [-0.4, -0.2) is 17.7 Å². The highest BCUT2D eigenvalue weighted by Gasteiger charge is 2.06. The molecule has 0 fully saturated rings. The van der Waals surface area contributed by atoms with E-state index in [0.717, 1.165) is 17.2 Å². The molecule has 0 spiro atoms. The summed E-state index contributed by atoms with van der Waals surface area (Å²) in [5, 5.41) is 14.3. The summed E-state index contributed by atoms with van der Waals surface area (Å²) >= 11 is 5.64. The Balaban J connectivity index is 1.79. The zero-order chi connectivity index (χ0) is 15.9. The minimum absolute atomic E-state index is 0.00753. The number of hydrogen-bond acceptors (Lipinski definition) is 2. The Morgan fingerprint density at radius 2 is 1.82 bits per heavy atom. The van der Waals surface area contributed by atoms with E-state index in [9.17, 15) is 9.18 Å². The Labute approximate surface area is 132 Å². The monoisotopic (exact) mass is 322 g/mol. The minimum atomic E-state index is -0.581. The first-order valence-corrected chi connectivity index (χ1v) is 7.15. The average molecular weight is 323 g/mol. The predicted molar refractivity (Wildman–Crippen MR) is 84.5 cm³/mol. The van der Waals surface area contributed by atoms with Gasteiger partial charge in [0.25, 0.3) is 0 Å². The lowest BCUT2D eigenvalue weighted by molar-refractivity contribution is 0.252. The fourth-order valence-corrected chi connectivity index (χ4v) is 2.05. The van der Waals surface area contributed by atoms with Crippen LogP contribution in [0.15, 0.2) is 42.5 Å². The van der Waals surface area contributed by atoms with Gasteiger partial charge < -0.3 is 15.7 Å². The van der Waals surface area contributed by atoms with Gasteiger partial charge in [-0.25, -0.2) is 9.18 Å². The van der Waals surface area contributed by atoms with E-state index in [1.807, 2.05) is 24.3 Å². The van der Waals surface area contributed by atoms with Crippen LogP contribution in [0.2, 0.25) is 5.02 Å². The number of halogens is 2. The third-order valence-electron chi connectivity index (χ3n) is 3.08. The lowest BCUT2D eigenvalue weighted by atomic mass is 10.1. The fourth-order valence-electron chi connectivity index (χ4n) is 1.89. The van der Waals surface area contributed by atoms with Crippen LogP contribution in [0.5, 0.6) is 0 Å². The maximum absolute atomic E-state index is 13.5. The smallest absolute Gasteiger partial charge is 0.319 e. The van der Waals surface area contributed by atoms with Gasteiger partial charge in [0.1, 0.15) is 5.82 Å². The summed E-state index contributed by atoms with van der Waals surface area (Å²) in [5.41, 5.74) is 1.96. The molecule has 0 radical (unpaired) electrons. The van der Waals surface area contributed by atoms with Gasteiger partial charge in [0.05, 0.1) is 12.3 Å². The molecule has 22 heavy (non-hydrogen) atoms. The second-order valence-electron chi connectivity index (χ2n) is 4.73. The maximum Gasteiger partial charge on any atom is 0.319 e. The second-order valence-corrected chi connectivity index (χ2v) is 5.17. The van der Waals surface area contributed by atoms with Gasteiger partial charge in [-0.1, -0.05) is 35.9 Å². The van der Waals surface area contributed by atoms with Crippen molar-refractivity contribution < 1.29 is 14.3 Å². The van der Waals surface area contributed by atoms with Gasteiger partial charge in [-0.15, -0.1) is 0 Å². The number of anilines is 1. The molecule has 0 aliphatic carbocycles. The lowest BCUT2D eigenvalue weighted by Crippen LogP contribution is -2.30. The molecule has 2 aromatic carbocycles. The highest BCUT2D eigenvalue weighted by molar-refractivity contribution is 6.30. The molecule has 3 N–H and O–H groups in total. The topological polar surface area (TPSA) is 61.4 Å². The van der Waals surface area contributed by atoms with Crippen molar-refractivity contribution in [3.63, 3.8) is 0 Å². The first-order chi connectivity index (χ1) is 10.6. The van der Waals surface area contributed by atoms with Gasteiger partial charge >= 0.3 is 6.03 Å². The highest BCUT2D eigenvalue weighted by atomic mass is 35.5. The number of amides is 2. The van der Waals surface area contributed by atoms with Crippen molar-refractivity contribution in [3.05, 3.63) is 64.4 Å². The van der Waals surface area contributed by atoms with Gasteiger partial charge in [0, 0.05) is 11.6 Å². The quantitative estimate of drug-likeness (QED) is 0.790. The van der Waals surface area contributed by atoms with Crippen molar-refractivity contribution in [2.24, 2.45) is 0 Å². The van der Waals surface area contributed by atoms with E-state index >= 15 is 0 Å². The SMILES string of the molecule is O=C(NCCc1ccc(CO)cc1)Nc1ccc(Cl)cc1F. The van der Waals surface area contributed by atoms with Crippen molar-refractivity contribution in [2.75, 3.05) is 11.9 Å². The Morgan fingerprint density at radius 3 is 2.45 bits per heavy atom. The number of hydrogen-bond donors (Lipinski definition) is 3. The van der Waals surface area contributed by atoms with Crippen LogP contribution in [0.4, 0.5) is 14.9 Å². The zero-order valence-corrected chi connectivity index (χ0v) is 12.5. The number of benzene rings is 2. The molecular formula is C16H16ClFN2O2. The number of rotatable bonds is 5. The summed E-state index contributed by atoms with van der Waals surface area (Å²) in [6, 6.07) is 11.0. The number of carbonyl (C=O) groups is 1. The number of aliphatic hydroxyl groups is 1. The first-order valence-electron chi connectivity index (χ1n) is 6.77. The summed E-state index contributed by atoms with van der Waals surface area (Å²) in [5.74, 6) is -0.581. The first kappa shape index (κ1) is 16.3. The Hall–Kier alpha value is -2.11. The molecule has 116 valence electrons. The lowest BCUT2D eigenvalue weighted by Gasteiger charge is -2.09. The number of urea groups is 1. The van der Waals surface area contributed by atoms with Gasteiger partial charge in [0.2, 0.25) is 0 Å². The zero-order valence-electron chi connectivity index (χ0n) is 11.8. The molecule has 0 atom stereocenters. The largest absolute Gasteiger partial charge is 0.392 e. The molecule has 2 aromatic rings. The third-order valence-corrected chi connectivity index (χ3v) is 3.32. The minimum Gasteiger partial charge on any atom is -0.392 e. The molecule has 0 aromatic heterocycles. The number of nitrogens with one attached hydrogen (secondary N) is 2.